The summed E-state index contributed by atoms with van der Waals surface area (Å²) in [6.07, 6.45) is 0. The molecule has 1 fully saturated rings. The number of carbonyl (C=O) groups is 1. The predicted molar refractivity (Wildman–Crippen MR) is 64.7 cm³/mol. The summed E-state index contributed by atoms with van der Waals surface area (Å²) in [5, 5.41) is 8.48. The minimum absolute atomic E-state index is 0.109. The van der Waals surface area contributed by atoms with Crippen molar-refractivity contribution in [1.82, 2.24) is 4.90 Å². The molecule has 0 bridgehead atoms. The Bertz CT molecular complexity index is 292. The third kappa shape index (κ3) is 4.10. The van der Waals surface area contributed by atoms with Gasteiger partial charge in [-0.1, -0.05) is 0 Å². The molecular formula is C11H19F2NO2S. The van der Waals surface area contributed by atoms with E-state index in [1.54, 1.807) is 4.90 Å². The predicted octanol–water partition coefficient (Wildman–Crippen LogP) is 2.17. The van der Waals surface area contributed by atoms with Crippen LogP contribution < -0.4 is 0 Å². The quantitative estimate of drug-likeness (QED) is 0.847. The largest absolute Gasteiger partial charge is 0.481 e. The smallest absolute Gasteiger partial charge is 0.313 e. The second-order valence-corrected chi connectivity index (χ2v) is 6.45. The SMILES string of the molecule is CC(C)(C)N1CC(CSCC(=O)O)C(F)(F)C1. The summed E-state index contributed by atoms with van der Waals surface area (Å²) >= 11 is 1.07. The van der Waals surface area contributed by atoms with Gasteiger partial charge >= 0.3 is 5.97 Å². The molecule has 0 radical (unpaired) electrons. The highest BCUT2D eigenvalue weighted by Gasteiger charge is 2.50. The Balaban J connectivity index is 2.52. The lowest BCUT2D eigenvalue weighted by molar-refractivity contribution is -0.133. The van der Waals surface area contributed by atoms with Crippen molar-refractivity contribution in [2.24, 2.45) is 5.92 Å². The Morgan fingerprint density at radius 1 is 1.53 bits per heavy atom. The Kier molecular flexibility index (Phi) is 4.41. The molecule has 0 saturated carbocycles. The first-order chi connectivity index (χ1) is 7.63. The molecule has 1 heterocycles. The van der Waals surface area contributed by atoms with E-state index in [2.05, 4.69) is 0 Å². The molecule has 0 spiro atoms. The maximum absolute atomic E-state index is 13.7. The average Bonchev–Trinajstić information content (AvgIpc) is 2.40. The number of likely N-dealkylation sites (tertiary alicyclic amines) is 1. The van der Waals surface area contributed by atoms with Gasteiger partial charge in [-0.05, 0) is 20.8 Å². The maximum atomic E-state index is 13.7. The zero-order chi connectivity index (χ0) is 13.3. The Morgan fingerprint density at radius 3 is 2.53 bits per heavy atom. The van der Waals surface area contributed by atoms with Crippen molar-refractivity contribution in [1.29, 1.82) is 0 Å². The third-order valence-electron chi connectivity index (χ3n) is 2.93. The molecule has 0 amide bonds. The van der Waals surface area contributed by atoms with E-state index < -0.39 is 17.8 Å². The normalized spacial score (nSPS) is 25.1. The van der Waals surface area contributed by atoms with Crippen LogP contribution in [0.15, 0.2) is 0 Å². The Hall–Kier alpha value is -0.360. The number of thioether (sulfide) groups is 1. The van der Waals surface area contributed by atoms with Crippen molar-refractivity contribution in [2.75, 3.05) is 24.6 Å². The van der Waals surface area contributed by atoms with Crippen molar-refractivity contribution >= 4 is 17.7 Å². The average molecular weight is 267 g/mol. The van der Waals surface area contributed by atoms with E-state index in [-0.39, 0.29) is 23.6 Å². The minimum atomic E-state index is -2.71. The molecule has 1 saturated heterocycles. The second-order valence-electron chi connectivity index (χ2n) is 5.42. The molecule has 0 aromatic rings. The molecule has 1 aliphatic heterocycles. The zero-order valence-corrected chi connectivity index (χ0v) is 11.2. The van der Waals surface area contributed by atoms with Crippen LogP contribution in [0.25, 0.3) is 0 Å². The number of carboxylic acid groups (broad SMARTS) is 1. The molecule has 17 heavy (non-hydrogen) atoms. The van der Waals surface area contributed by atoms with Crippen LogP contribution in [0, 0.1) is 5.92 Å². The molecule has 100 valence electrons. The Labute approximate surface area is 105 Å². The van der Waals surface area contributed by atoms with Gasteiger partial charge in [0.05, 0.1) is 12.3 Å². The van der Waals surface area contributed by atoms with E-state index in [1.807, 2.05) is 20.8 Å². The van der Waals surface area contributed by atoms with Crippen LogP contribution in [-0.2, 0) is 4.79 Å². The molecule has 0 aliphatic carbocycles. The highest BCUT2D eigenvalue weighted by Crippen LogP contribution is 2.38. The van der Waals surface area contributed by atoms with Crippen LogP contribution in [0.5, 0.6) is 0 Å². The van der Waals surface area contributed by atoms with E-state index in [0.29, 0.717) is 6.54 Å². The molecular weight excluding hydrogens is 248 g/mol. The van der Waals surface area contributed by atoms with Gasteiger partial charge in [-0.2, -0.15) is 0 Å². The zero-order valence-electron chi connectivity index (χ0n) is 10.4. The van der Waals surface area contributed by atoms with Crippen LogP contribution in [0.1, 0.15) is 20.8 Å². The maximum Gasteiger partial charge on any atom is 0.313 e. The number of hydrogen-bond acceptors (Lipinski definition) is 3. The number of alkyl halides is 2. The standard InChI is InChI=1S/C11H19F2NO2S/c1-10(2,3)14-4-8(11(12,13)7-14)5-17-6-9(15)16/h8H,4-7H2,1-3H3,(H,15,16). The van der Waals surface area contributed by atoms with Crippen molar-refractivity contribution in [2.45, 2.75) is 32.2 Å². The topological polar surface area (TPSA) is 40.5 Å². The molecule has 1 rings (SSSR count). The molecule has 1 unspecified atom stereocenters. The molecule has 0 aromatic heterocycles. The van der Waals surface area contributed by atoms with Crippen molar-refractivity contribution in [3.8, 4) is 0 Å². The summed E-state index contributed by atoms with van der Waals surface area (Å²) in [4.78, 5) is 12.1. The lowest BCUT2D eigenvalue weighted by Gasteiger charge is -2.31. The first-order valence-corrected chi connectivity index (χ1v) is 6.71. The van der Waals surface area contributed by atoms with Gasteiger partial charge in [0, 0.05) is 23.8 Å². The lowest BCUT2D eigenvalue weighted by atomic mass is 10.1. The molecule has 1 N–H and O–H groups in total. The molecule has 1 atom stereocenters. The number of carboxylic acids is 1. The first kappa shape index (κ1) is 14.7. The van der Waals surface area contributed by atoms with Crippen LogP contribution in [0.2, 0.25) is 0 Å². The van der Waals surface area contributed by atoms with E-state index in [9.17, 15) is 13.6 Å². The van der Waals surface area contributed by atoms with Crippen molar-refractivity contribution in [3.05, 3.63) is 0 Å². The van der Waals surface area contributed by atoms with Gasteiger partial charge in [-0.15, -0.1) is 11.8 Å². The fourth-order valence-corrected chi connectivity index (χ4v) is 2.75. The molecule has 1 aliphatic rings. The number of hydrogen-bond donors (Lipinski definition) is 1. The van der Waals surface area contributed by atoms with Crippen LogP contribution in [-0.4, -0.2) is 52.0 Å². The molecule has 6 heteroatoms. The van der Waals surface area contributed by atoms with E-state index in [1.165, 1.54) is 0 Å². The minimum Gasteiger partial charge on any atom is -0.481 e. The summed E-state index contributed by atoms with van der Waals surface area (Å²) in [6, 6.07) is 0. The fraction of sp³-hybridized carbons (Fsp3) is 0.909. The van der Waals surface area contributed by atoms with Gasteiger partial charge < -0.3 is 5.11 Å². The van der Waals surface area contributed by atoms with Crippen molar-refractivity contribution in [3.63, 3.8) is 0 Å². The summed E-state index contributed by atoms with van der Waals surface area (Å²) in [5.74, 6) is -4.32. The summed E-state index contributed by atoms with van der Waals surface area (Å²) in [7, 11) is 0. The highest BCUT2D eigenvalue weighted by atomic mass is 32.2. The van der Waals surface area contributed by atoms with Crippen LogP contribution in [0.4, 0.5) is 8.78 Å². The monoisotopic (exact) mass is 267 g/mol. The lowest BCUT2D eigenvalue weighted by Crippen LogP contribution is -2.40. The van der Waals surface area contributed by atoms with E-state index in [4.69, 9.17) is 5.11 Å². The van der Waals surface area contributed by atoms with Crippen LogP contribution in [0.3, 0.4) is 0 Å². The first-order valence-electron chi connectivity index (χ1n) is 5.55. The summed E-state index contributed by atoms with van der Waals surface area (Å²) < 4.78 is 27.4. The van der Waals surface area contributed by atoms with Crippen LogP contribution >= 0.6 is 11.8 Å². The molecule has 3 nitrogen and oxygen atoms in total. The number of halogens is 2. The highest BCUT2D eigenvalue weighted by molar-refractivity contribution is 7.99. The van der Waals surface area contributed by atoms with E-state index >= 15 is 0 Å². The van der Waals surface area contributed by atoms with Gasteiger partial charge in [0.1, 0.15) is 0 Å². The summed E-state index contributed by atoms with van der Waals surface area (Å²) in [6.45, 7) is 5.85. The van der Waals surface area contributed by atoms with Gasteiger partial charge in [0.25, 0.3) is 5.92 Å². The Morgan fingerprint density at radius 2 is 2.12 bits per heavy atom. The van der Waals surface area contributed by atoms with E-state index in [0.717, 1.165) is 11.8 Å². The van der Waals surface area contributed by atoms with Gasteiger partial charge in [-0.3, -0.25) is 9.69 Å². The van der Waals surface area contributed by atoms with Crippen molar-refractivity contribution < 1.29 is 18.7 Å². The molecule has 0 aromatic carbocycles. The van der Waals surface area contributed by atoms with Gasteiger partial charge in [0.2, 0.25) is 0 Å². The third-order valence-corrected chi connectivity index (χ3v) is 4.02. The second kappa shape index (κ2) is 5.10. The van der Waals surface area contributed by atoms with Gasteiger partial charge in [0.15, 0.2) is 0 Å². The number of rotatable bonds is 4. The fourth-order valence-electron chi connectivity index (χ4n) is 1.82. The summed E-state index contributed by atoms with van der Waals surface area (Å²) in [5.41, 5.74) is -0.268. The number of nitrogens with zero attached hydrogens (tertiary/aromatic N) is 1. The van der Waals surface area contributed by atoms with Gasteiger partial charge in [-0.25, -0.2) is 8.78 Å². The number of aliphatic carboxylic acids is 1.